The van der Waals surface area contributed by atoms with Gasteiger partial charge in [0, 0.05) is 11.8 Å². The Labute approximate surface area is 166 Å². The third-order valence-electron chi connectivity index (χ3n) is 4.81. The van der Waals surface area contributed by atoms with Crippen LogP contribution in [0.3, 0.4) is 0 Å². The first-order valence-corrected chi connectivity index (χ1v) is 9.04. The zero-order valence-electron chi connectivity index (χ0n) is 15.9. The van der Waals surface area contributed by atoms with Crippen LogP contribution < -0.4 is 15.0 Å². The average molecular weight is 393 g/mol. The van der Waals surface area contributed by atoms with Crippen LogP contribution in [0.5, 0.6) is 5.75 Å². The van der Waals surface area contributed by atoms with Gasteiger partial charge >= 0.3 is 0 Å². The summed E-state index contributed by atoms with van der Waals surface area (Å²) in [6.45, 7) is 1.71. The summed E-state index contributed by atoms with van der Waals surface area (Å²) in [6.07, 6.45) is 0. The molecule has 2 heterocycles. The molecule has 0 aliphatic carbocycles. The average Bonchev–Trinajstić information content (AvgIpc) is 3.23. The molecule has 29 heavy (non-hydrogen) atoms. The van der Waals surface area contributed by atoms with Crippen LogP contribution in [0.1, 0.15) is 5.56 Å². The molecule has 3 amide bonds. The van der Waals surface area contributed by atoms with E-state index in [0.29, 0.717) is 17.1 Å². The Morgan fingerprint density at radius 2 is 1.90 bits per heavy atom. The number of carbonyl (C=O) groups is 3. The topological polar surface area (TPSA) is 104 Å². The van der Waals surface area contributed by atoms with Crippen molar-refractivity contribution >= 4 is 29.1 Å². The van der Waals surface area contributed by atoms with Gasteiger partial charge in [0.05, 0.1) is 12.8 Å². The van der Waals surface area contributed by atoms with Gasteiger partial charge in [0.15, 0.2) is 12.1 Å². The largest absolute Gasteiger partial charge is 0.497 e. The number of aryl methyl sites for hydroxylation is 1. The number of benzene rings is 2. The Hall–Kier alpha value is -3.75. The van der Waals surface area contributed by atoms with Crippen molar-refractivity contribution in [3.63, 3.8) is 0 Å². The van der Waals surface area contributed by atoms with Crippen molar-refractivity contribution in [2.24, 2.45) is 10.3 Å². The van der Waals surface area contributed by atoms with E-state index in [-0.39, 0.29) is 12.5 Å². The molecule has 0 radical (unpaired) electrons. The highest BCUT2D eigenvalue weighted by Gasteiger charge is 2.55. The van der Waals surface area contributed by atoms with Crippen LogP contribution in [-0.2, 0) is 14.4 Å². The maximum atomic E-state index is 12.9. The second-order valence-corrected chi connectivity index (χ2v) is 6.82. The minimum Gasteiger partial charge on any atom is -0.497 e. The van der Waals surface area contributed by atoms with E-state index < -0.39 is 23.9 Å². The highest BCUT2D eigenvalue weighted by Crippen LogP contribution is 2.31. The molecule has 0 aromatic heterocycles. The Balaban J connectivity index is 1.47. The van der Waals surface area contributed by atoms with Gasteiger partial charge in [-0.15, -0.1) is 0 Å². The number of hydrogen-bond donors (Lipinski definition) is 1. The standard InChI is InChI=1S/C20H19N5O4/c1-12-6-8-14(9-7-12)25-19(27)17-18(20(25)28)24(23-22-17)11-16(26)21-13-4-3-5-15(10-13)29-2/h3-10,17-18H,11H2,1-2H3,(H,21,26)/t17-,18+/m1/s1. The van der Waals surface area contributed by atoms with Crippen molar-refractivity contribution in [3.8, 4) is 5.75 Å². The Morgan fingerprint density at radius 3 is 2.62 bits per heavy atom. The normalized spacial score (nSPS) is 20.2. The van der Waals surface area contributed by atoms with Gasteiger partial charge in [-0.05, 0) is 31.2 Å². The molecule has 148 valence electrons. The Morgan fingerprint density at radius 1 is 1.14 bits per heavy atom. The summed E-state index contributed by atoms with van der Waals surface area (Å²) in [7, 11) is 1.54. The molecule has 4 rings (SSSR count). The third kappa shape index (κ3) is 3.42. The molecule has 0 unspecified atom stereocenters. The van der Waals surface area contributed by atoms with E-state index in [2.05, 4.69) is 15.7 Å². The number of amides is 3. The van der Waals surface area contributed by atoms with Crippen molar-refractivity contribution in [1.82, 2.24) is 5.01 Å². The van der Waals surface area contributed by atoms with Crippen LogP contribution >= 0.6 is 0 Å². The van der Waals surface area contributed by atoms with Crippen LogP contribution in [0, 0.1) is 6.92 Å². The molecule has 0 bridgehead atoms. The minimum atomic E-state index is -0.937. The predicted molar refractivity (Wildman–Crippen MR) is 104 cm³/mol. The summed E-state index contributed by atoms with van der Waals surface area (Å²) >= 11 is 0. The van der Waals surface area contributed by atoms with Crippen molar-refractivity contribution in [1.29, 1.82) is 0 Å². The summed E-state index contributed by atoms with van der Waals surface area (Å²) in [5.41, 5.74) is 2.05. The number of fused-ring (bicyclic) bond motifs is 1. The molecule has 9 heteroatoms. The van der Waals surface area contributed by atoms with Crippen molar-refractivity contribution in [3.05, 3.63) is 54.1 Å². The van der Waals surface area contributed by atoms with E-state index >= 15 is 0 Å². The molecule has 1 saturated heterocycles. The highest BCUT2D eigenvalue weighted by molar-refractivity contribution is 6.25. The van der Waals surface area contributed by atoms with E-state index in [0.717, 1.165) is 10.5 Å². The fraction of sp³-hybridized carbons (Fsp3) is 0.250. The summed E-state index contributed by atoms with van der Waals surface area (Å²) < 4.78 is 5.13. The monoisotopic (exact) mass is 393 g/mol. The maximum absolute atomic E-state index is 12.9. The lowest BCUT2D eigenvalue weighted by molar-refractivity contribution is -0.123. The van der Waals surface area contributed by atoms with E-state index in [4.69, 9.17) is 4.74 Å². The van der Waals surface area contributed by atoms with Crippen LogP contribution in [0.15, 0.2) is 58.9 Å². The van der Waals surface area contributed by atoms with E-state index in [9.17, 15) is 14.4 Å². The lowest BCUT2D eigenvalue weighted by Crippen LogP contribution is -2.43. The lowest BCUT2D eigenvalue weighted by Gasteiger charge is -2.20. The molecule has 1 fully saturated rings. The first-order valence-electron chi connectivity index (χ1n) is 9.04. The van der Waals surface area contributed by atoms with Crippen LogP contribution in [0.4, 0.5) is 11.4 Å². The van der Waals surface area contributed by atoms with Gasteiger partial charge in [0.25, 0.3) is 11.8 Å². The third-order valence-corrected chi connectivity index (χ3v) is 4.81. The van der Waals surface area contributed by atoms with Crippen LogP contribution in [0.2, 0.25) is 0 Å². The van der Waals surface area contributed by atoms with E-state index in [1.807, 2.05) is 19.1 Å². The van der Waals surface area contributed by atoms with Crippen LogP contribution in [0.25, 0.3) is 0 Å². The summed E-state index contributed by atoms with van der Waals surface area (Å²) in [6, 6.07) is 12.1. The van der Waals surface area contributed by atoms with Crippen molar-refractivity contribution in [2.45, 2.75) is 19.0 Å². The molecule has 2 aromatic carbocycles. The lowest BCUT2D eigenvalue weighted by atomic mass is 10.1. The van der Waals surface area contributed by atoms with Crippen molar-refractivity contribution < 1.29 is 19.1 Å². The zero-order valence-corrected chi connectivity index (χ0v) is 15.9. The molecule has 2 aliphatic rings. The zero-order chi connectivity index (χ0) is 20.5. The van der Waals surface area contributed by atoms with Gasteiger partial charge < -0.3 is 10.1 Å². The Bertz CT molecular complexity index is 1000. The molecule has 2 atom stereocenters. The first-order chi connectivity index (χ1) is 14.0. The summed E-state index contributed by atoms with van der Waals surface area (Å²) in [5, 5.41) is 11.8. The number of rotatable bonds is 5. The Kier molecular flexibility index (Phi) is 4.71. The molecule has 9 nitrogen and oxygen atoms in total. The summed E-state index contributed by atoms with van der Waals surface area (Å²) in [4.78, 5) is 39.1. The SMILES string of the molecule is COc1cccc(NC(=O)CN2N=N[C@H]3C(=O)N(c4ccc(C)cc4)C(=O)[C@H]32)c1. The van der Waals surface area contributed by atoms with E-state index in [1.165, 1.54) is 12.1 Å². The second kappa shape index (κ2) is 7.34. The van der Waals surface area contributed by atoms with Gasteiger partial charge in [-0.1, -0.05) is 29.0 Å². The number of methoxy groups -OCH3 is 1. The van der Waals surface area contributed by atoms with Crippen molar-refractivity contribution in [2.75, 3.05) is 23.9 Å². The number of carbonyl (C=O) groups excluding carboxylic acids is 3. The highest BCUT2D eigenvalue weighted by atomic mass is 16.5. The van der Waals surface area contributed by atoms with Gasteiger partial charge in [-0.2, -0.15) is 5.11 Å². The van der Waals surface area contributed by atoms with Gasteiger partial charge in [0.2, 0.25) is 5.91 Å². The van der Waals surface area contributed by atoms with Gasteiger partial charge in [-0.25, -0.2) is 4.90 Å². The van der Waals surface area contributed by atoms with Crippen LogP contribution in [-0.4, -0.2) is 48.5 Å². The molecule has 0 saturated carbocycles. The molecular weight excluding hydrogens is 374 g/mol. The summed E-state index contributed by atoms with van der Waals surface area (Å²) in [5.74, 6) is -0.660. The van der Waals surface area contributed by atoms with E-state index in [1.54, 1.807) is 36.4 Å². The second-order valence-electron chi connectivity index (χ2n) is 6.82. The fourth-order valence-corrected chi connectivity index (χ4v) is 3.35. The molecular formula is C20H19N5O4. The number of ether oxygens (including phenoxy) is 1. The number of imide groups is 1. The number of nitrogens with one attached hydrogen (secondary N) is 1. The molecule has 0 spiro atoms. The maximum Gasteiger partial charge on any atom is 0.263 e. The number of anilines is 2. The first kappa shape index (κ1) is 18.6. The molecule has 2 aromatic rings. The predicted octanol–water partition coefficient (Wildman–Crippen LogP) is 1.94. The van der Waals surface area contributed by atoms with Gasteiger partial charge in [0.1, 0.15) is 12.3 Å². The number of nitrogens with zero attached hydrogens (tertiary/aromatic N) is 4. The number of hydrogen-bond acceptors (Lipinski definition) is 7. The minimum absolute atomic E-state index is 0.206. The fourth-order valence-electron chi connectivity index (χ4n) is 3.35. The molecule has 1 N–H and O–H groups in total. The quantitative estimate of drug-likeness (QED) is 0.782. The smallest absolute Gasteiger partial charge is 0.263 e. The molecule has 2 aliphatic heterocycles. The van der Waals surface area contributed by atoms with Gasteiger partial charge in [-0.3, -0.25) is 19.4 Å².